The van der Waals surface area contributed by atoms with E-state index in [9.17, 15) is 0 Å². The lowest BCUT2D eigenvalue weighted by Crippen LogP contribution is -2.27. The Hall–Kier alpha value is -1.39. The molecule has 2 N–H and O–H groups in total. The van der Waals surface area contributed by atoms with Gasteiger partial charge in [0.05, 0.1) is 0 Å². The molecule has 104 valence electrons. The molecule has 1 atom stereocenters. The van der Waals surface area contributed by atoms with Gasteiger partial charge in [-0.25, -0.2) is 4.98 Å². The Morgan fingerprint density at radius 3 is 2.89 bits per heavy atom. The monoisotopic (exact) mass is 261 g/mol. The zero-order chi connectivity index (χ0) is 13.8. The van der Waals surface area contributed by atoms with Crippen molar-refractivity contribution in [2.24, 2.45) is 5.73 Å². The Morgan fingerprint density at radius 1 is 1.37 bits per heavy atom. The minimum Gasteiger partial charge on any atom is -0.441 e. The van der Waals surface area contributed by atoms with Crippen LogP contribution in [-0.4, -0.2) is 36.1 Å². The first kappa shape index (κ1) is 14.0. The Kier molecular flexibility index (Phi) is 4.56. The van der Waals surface area contributed by atoms with Gasteiger partial charge in [0.1, 0.15) is 5.52 Å². The summed E-state index contributed by atoms with van der Waals surface area (Å²) in [5.41, 5.74) is 8.89. The van der Waals surface area contributed by atoms with Crippen LogP contribution in [-0.2, 0) is 6.42 Å². The molecule has 0 fully saturated rings. The summed E-state index contributed by atoms with van der Waals surface area (Å²) in [4.78, 5) is 6.68. The predicted molar refractivity (Wildman–Crippen MR) is 78.2 cm³/mol. The molecule has 19 heavy (non-hydrogen) atoms. The van der Waals surface area contributed by atoms with Crippen LogP contribution in [0.2, 0.25) is 0 Å². The number of hydrogen-bond acceptors (Lipinski definition) is 4. The predicted octanol–water partition coefficient (Wildman–Crippen LogP) is 2.35. The lowest BCUT2D eigenvalue weighted by atomic mass is 10.1. The third-order valence-electron chi connectivity index (χ3n) is 3.31. The second-order valence-electron chi connectivity index (χ2n) is 5.35. The molecule has 0 aliphatic carbocycles. The molecule has 0 aliphatic rings. The summed E-state index contributed by atoms with van der Waals surface area (Å²) in [6, 6.07) is 6.52. The highest BCUT2D eigenvalue weighted by Crippen LogP contribution is 2.17. The molecule has 0 amide bonds. The maximum Gasteiger partial charge on any atom is 0.192 e. The maximum atomic E-state index is 5.77. The number of hydrogen-bond donors (Lipinski definition) is 1. The van der Waals surface area contributed by atoms with Crippen LogP contribution in [0.4, 0.5) is 0 Å². The number of oxazole rings is 1. The smallest absolute Gasteiger partial charge is 0.192 e. The summed E-state index contributed by atoms with van der Waals surface area (Å²) in [7, 11) is 2.14. The average Bonchev–Trinajstić information content (AvgIpc) is 2.73. The molecule has 2 aromatic rings. The molecule has 1 aromatic carbocycles. The highest BCUT2D eigenvalue weighted by Gasteiger charge is 2.05. The van der Waals surface area contributed by atoms with Crippen LogP contribution in [0.25, 0.3) is 11.1 Å². The molecule has 1 aromatic heterocycles. The fourth-order valence-electron chi connectivity index (χ4n) is 2.10. The van der Waals surface area contributed by atoms with Gasteiger partial charge in [0.25, 0.3) is 0 Å². The zero-order valence-corrected chi connectivity index (χ0v) is 12.0. The second kappa shape index (κ2) is 6.17. The van der Waals surface area contributed by atoms with Crippen molar-refractivity contribution in [1.29, 1.82) is 0 Å². The van der Waals surface area contributed by atoms with Crippen molar-refractivity contribution >= 4 is 11.1 Å². The fourth-order valence-corrected chi connectivity index (χ4v) is 2.10. The summed E-state index contributed by atoms with van der Waals surface area (Å²) < 4.78 is 5.48. The number of aromatic nitrogens is 1. The van der Waals surface area contributed by atoms with Gasteiger partial charge in [-0.2, -0.15) is 0 Å². The number of nitrogens with two attached hydrogens (primary N) is 1. The molecule has 0 saturated carbocycles. The Morgan fingerprint density at radius 2 is 2.16 bits per heavy atom. The first-order chi connectivity index (χ1) is 9.04. The van der Waals surface area contributed by atoms with Gasteiger partial charge < -0.3 is 15.1 Å². The average molecular weight is 261 g/mol. The van der Waals surface area contributed by atoms with Gasteiger partial charge in [-0.1, -0.05) is 6.07 Å². The summed E-state index contributed by atoms with van der Waals surface area (Å²) >= 11 is 0. The van der Waals surface area contributed by atoms with Crippen molar-refractivity contribution in [3.63, 3.8) is 0 Å². The van der Waals surface area contributed by atoms with E-state index in [4.69, 9.17) is 10.2 Å². The van der Waals surface area contributed by atoms with Crippen LogP contribution < -0.4 is 5.73 Å². The summed E-state index contributed by atoms with van der Waals surface area (Å²) in [6.45, 7) is 6.01. The maximum absolute atomic E-state index is 5.77. The summed E-state index contributed by atoms with van der Waals surface area (Å²) in [5, 5.41) is 0. The van der Waals surface area contributed by atoms with E-state index in [1.54, 1.807) is 0 Å². The van der Waals surface area contributed by atoms with Crippen molar-refractivity contribution < 1.29 is 4.42 Å². The molecular weight excluding hydrogens is 238 g/mol. The third-order valence-corrected chi connectivity index (χ3v) is 3.31. The summed E-state index contributed by atoms with van der Waals surface area (Å²) in [6.07, 6.45) is 2.06. The van der Waals surface area contributed by atoms with Gasteiger partial charge in [0, 0.05) is 19.5 Å². The molecule has 0 spiro atoms. The van der Waals surface area contributed by atoms with Crippen LogP contribution in [0.5, 0.6) is 0 Å². The van der Waals surface area contributed by atoms with Crippen molar-refractivity contribution in [1.82, 2.24) is 9.88 Å². The normalized spacial score (nSPS) is 13.3. The Balaban J connectivity index is 1.90. The van der Waals surface area contributed by atoms with Gasteiger partial charge in [0.15, 0.2) is 11.5 Å². The van der Waals surface area contributed by atoms with Crippen LogP contribution in [0, 0.1) is 6.92 Å². The lowest BCUT2D eigenvalue weighted by molar-refractivity contribution is 0.324. The Labute approximate surface area is 114 Å². The molecule has 2 rings (SSSR count). The van der Waals surface area contributed by atoms with Crippen molar-refractivity contribution in [3.8, 4) is 0 Å². The van der Waals surface area contributed by atoms with E-state index < -0.39 is 0 Å². The van der Waals surface area contributed by atoms with Crippen molar-refractivity contribution in [3.05, 3.63) is 29.7 Å². The van der Waals surface area contributed by atoms with E-state index in [1.165, 1.54) is 5.56 Å². The molecule has 1 heterocycles. The topological polar surface area (TPSA) is 55.3 Å². The minimum atomic E-state index is 0.275. The first-order valence-corrected chi connectivity index (χ1v) is 6.85. The molecule has 4 nitrogen and oxygen atoms in total. The van der Waals surface area contributed by atoms with Crippen molar-refractivity contribution in [2.45, 2.75) is 32.7 Å². The fraction of sp³-hybridized carbons (Fsp3) is 0.533. The van der Waals surface area contributed by atoms with E-state index in [0.717, 1.165) is 42.9 Å². The molecule has 1 unspecified atom stereocenters. The minimum absolute atomic E-state index is 0.275. The van der Waals surface area contributed by atoms with Gasteiger partial charge in [-0.3, -0.25) is 0 Å². The Bertz CT molecular complexity index is 533. The van der Waals surface area contributed by atoms with Gasteiger partial charge in [-0.15, -0.1) is 0 Å². The zero-order valence-electron chi connectivity index (χ0n) is 12.0. The third kappa shape index (κ3) is 4.04. The van der Waals surface area contributed by atoms with Gasteiger partial charge in [-0.05, 0) is 51.1 Å². The molecular formula is C15H23N3O. The van der Waals surface area contributed by atoms with Gasteiger partial charge >= 0.3 is 0 Å². The van der Waals surface area contributed by atoms with Crippen molar-refractivity contribution in [2.75, 3.05) is 20.1 Å². The number of nitrogens with zero attached hydrogens (tertiary/aromatic N) is 2. The first-order valence-electron chi connectivity index (χ1n) is 6.85. The quantitative estimate of drug-likeness (QED) is 0.867. The number of aryl methyl sites for hydroxylation is 1. The molecule has 0 saturated heterocycles. The molecule has 0 aliphatic heterocycles. The molecule has 0 radical (unpaired) electrons. The van der Waals surface area contributed by atoms with E-state index in [1.807, 2.05) is 13.0 Å². The number of likely N-dealkylation sites (N-methyl/N-ethyl adjacent to an activating group) is 1. The number of rotatable bonds is 6. The van der Waals surface area contributed by atoms with E-state index in [2.05, 4.69) is 36.0 Å². The standard InChI is InChI=1S/C15H23N3O/c1-11(16)6-8-18(3)9-7-13-4-5-15-14(10-13)17-12(2)19-15/h4-5,10-11H,6-9,16H2,1-3H3. The molecule has 0 bridgehead atoms. The van der Waals surface area contributed by atoms with E-state index >= 15 is 0 Å². The molecule has 4 heteroatoms. The van der Waals surface area contributed by atoms with Crippen LogP contribution in [0.15, 0.2) is 22.6 Å². The van der Waals surface area contributed by atoms with E-state index in [0.29, 0.717) is 0 Å². The van der Waals surface area contributed by atoms with Gasteiger partial charge in [0.2, 0.25) is 0 Å². The van der Waals surface area contributed by atoms with Crippen LogP contribution in [0.1, 0.15) is 24.8 Å². The highest BCUT2D eigenvalue weighted by atomic mass is 16.3. The summed E-state index contributed by atoms with van der Waals surface area (Å²) in [5.74, 6) is 0.723. The largest absolute Gasteiger partial charge is 0.441 e. The van der Waals surface area contributed by atoms with E-state index in [-0.39, 0.29) is 6.04 Å². The second-order valence-corrected chi connectivity index (χ2v) is 5.35. The highest BCUT2D eigenvalue weighted by molar-refractivity contribution is 5.73. The number of benzene rings is 1. The lowest BCUT2D eigenvalue weighted by Gasteiger charge is -2.17. The van der Waals surface area contributed by atoms with Crippen LogP contribution >= 0.6 is 0 Å². The van der Waals surface area contributed by atoms with Crippen LogP contribution in [0.3, 0.4) is 0 Å². The SMILES string of the molecule is Cc1nc2cc(CCN(C)CCC(C)N)ccc2o1. The number of fused-ring (bicyclic) bond motifs is 1.